The summed E-state index contributed by atoms with van der Waals surface area (Å²) in [6.45, 7) is 4.56. The van der Waals surface area contributed by atoms with Gasteiger partial charge in [-0.25, -0.2) is 0 Å². The fourth-order valence-electron chi connectivity index (χ4n) is 7.51. The molecule has 7 aromatic carbocycles. The van der Waals surface area contributed by atoms with Crippen molar-refractivity contribution < 1.29 is 0 Å². The molecule has 0 amide bonds. The van der Waals surface area contributed by atoms with Crippen LogP contribution in [0.25, 0.3) is 69.6 Å². The van der Waals surface area contributed by atoms with E-state index in [4.69, 9.17) is 0 Å². The second kappa shape index (κ2) is 10.9. The molecule has 2 nitrogen and oxygen atoms in total. The third kappa shape index (κ3) is 4.47. The van der Waals surface area contributed by atoms with Crippen molar-refractivity contribution in [3.8, 4) is 5.69 Å². The van der Waals surface area contributed by atoms with E-state index in [9.17, 15) is 0 Å². The molecule has 0 saturated heterocycles. The molecule has 10 rings (SSSR count). The molecule has 0 bridgehead atoms. The van der Waals surface area contributed by atoms with Crippen molar-refractivity contribution in [1.82, 2.24) is 4.57 Å². The van der Waals surface area contributed by atoms with E-state index in [0.717, 1.165) is 33.6 Å². The highest BCUT2D eigenvalue weighted by Gasteiger charge is 2.19. The minimum Gasteiger partial charge on any atom is -0.317 e. The molecule has 0 unspecified atom stereocenters. The average Bonchev–Trinajstić information content (AvgIpc) is 3.67. The molecule has 230 valence electrons. The fraction of sp³-hybridized carbons (Fsp3) is 0. The van der Waals surface area contributed by atoms with Crippen molar-refractivity contribution in [1.29, 1.82) is 0 Å². The van der Waals surface area contributed by atoms with Gasteiger partial charge in [-0.05, 0) is 100 Å². The highest BCUT2D eigenvalue weighted by molar-refractivity contribution is 7.25. The monoisotopic (exact) mass is 642 g/mol. The molecule has 0 fully saturated rings. The number of nitrogens with zero attached hydrogens (tertiary/aromatic N) is 2. The number of rotatable bonds is 3. The highest BCUT2D eigenvalue weighted by atomic mass is 32.1. The number of allylic oxidation sites excluding steroid dienone is 4. The quantitative estimate of drug-likeness (QED) is 0.186. The molecular formula is C46H30N2S. The van der Waals surface area contributed by atoms with E-state index < -0.39 is 0 Å². The zero-order valence-electron chi connectivity index (χ0n) is 26.7. The number of fused-ring (bicyclic) bond motifs is 8. The largest absolute Gasteiger partial charge is 0.317 e. The van der Waals surface area contributed by atoms with Gasteiger partial charge in [0.05, 0.1) is 16.7 Å². The Balaban J connectivity index is 1.21. The van der Waals surface area contributed by atoms with E-state index in [-0.39, 0.29) is 0 Å². The van der Waals surface area contributed by atoms with Crippen LogP contribution in [0.1, 0.15) is 11.1 Å². The summed E-state index contributed by atoms with van der Waals surface area (Å²) in [6.07, 6.45) is 6.64. The molecule has 0 saturated carbocycles. The van der Waals surface area contributed by atoms with Gasteiger partial charge in [0.15, 0.2) is 0 Å². The number of para-hydroxylation sites is 2. The predicted molar refractivity (Wildman–Crippen MR) is 212 cm³/mol. The molecule has 0 aliphatic carbocycles. The molecule has 0 N–H and O–H groups in total. The number of benzene rings is 7. The van der Waals surface area contributed by atoms with Crippen LogP contribution in [-0.4, -0.2) is 4.57 Å². The van der Waals surface area contributed by atoms with Gasteiger partial charge in [-0.15, -0.1) is 11.3 Å². The first-order valence-electron chi connectivity index (χ1n) is 16.6. The van der Waals surface area contributed by atoms with E-state index in [1.807, 2.05) is 11.3 Å². The molecule has 1 aliphatic rings. The van der Waals surface area contributed by atoms with Crippen molar-refractivity contribution in [2.24, 2.45) is 0 Å². The Labute approximate surface area is 288 Å². The normalized spacial score (nSPS) is 15.1. The van der Waals surface area contributed by atoms with Gasteiger partial charge in [-0.2, -0.15) is 0 Å². The molecule has 9 aromatic rings. The third-order valence-corrected chi connectivity index (χ3v) is 11.0. The van der Waals surface area contributed by atoms with Crippen LogP contribution in [0.4, 0.5) is 11.4 Å². The van der Waals surface area contributed by atoms with Gasteiger partial charge in [0, 0.05) is 54.1 Å². The van der Waals surface area contributed by atoms with Crippen LogP contribution in [0.2, 0.25) is 0 Å². The van der Waals surface area contributed by atoms with Crippen LogP contribution in [0.3, 0.4) is 0 Å². The number of anilines is 2. The first kappa shape index (κ1) is 27.9. The maximum atomic E-state index is 4.56. The highest BCUT2D eigenvalue weighted by Crippen LogP contribution is 2.42. The van der Waals surface area contributed by atoms with Crippen LogP contribution in [0.5, 0.6) is 0 Å². The summed E-state index contributed by atoms with van der Waals surface area (Å²) in [4.78, 5) is 2.26. The number of thiophene rings is 1. The maximum Gasteiger partial charge on any atom is 0.0548 e. The van der Waals surface area contributed by atoms with Gasteiger partial charge in [-0.1, -0.05) is 97.6 Å². The minimum atomic E-state index is 0.988. The predicted octanol–water partition coefficient (Wildman–Crippen LogP) is 13.1. The summed E-state index contributed by atoms with van der Waals surface area (Å²) < 4.78 is 5.07. The Morgan fingerprint density at radius 1 is 0.510 bits per heavy atom. The Morgan fingerprint density at radius 3 is 2.20 bits per heavy atom. The Morgan fingerprint density at radius 2 is 1.29 bits per heavy atom. The summed E-state index contributed by atoms with van der Waals surface area (Å²) in [7, 11) is 0. The van der Waals surface area contributed by atoms with E-state index in [1.54, 1.807) is 0 Å². The van der Waals surface area contributed by atoms with Crippen LogP contribution < -0.4 is 4.90 Å². The summed E-state index contributed by atoms with van der Waals surface area (Å²) >= 11 is 1.87. The zero-order valence-corrected chi connectivity index (χ0v) is 27.5. The maximum absolute atomic E-state index is 4.56. The van der Waals surface area contributed by atoms with Gasteiger partial charge in [-0.3, -0.25) is 0 Å². The molecule has 0 spiro atoms. The lowest BCUT2D eigenvalue weighted by Gasteiger charge is -2.26. The van der Waals surface area contributed by atoms with Crippen LogP contribution in [-0.2, 0) is 0 Å². The molecule has 49 heavy (non-hydrogen) atoms. The first-order chi connectivity index (χ1) is 24.2. The second-order valence-electron chi connectivity index (χ2n) is 12.7. The molecule has 2 aromatic heterocycles. The Kier molecular flexibility index (Phi) is 6.23. The summed E-state index contributed by atoms with van der Waals surface area (Å²) in [5, 5.41) is 7.60. The molecule has 1 aliphatic heterocycles. The van der Waals surface area contributed by atoms with Crippen molar-refractivity contribution in [3.63, 3.8) is 0 Å². The van der Waals surface area contributed by atoms with Crippen LogP contribution in [0.15, 0.2) is 177 Å². The van der Waals surface area contributed by atoms with E-state index in [2.05, 4.69) is 186 Å². The van der Waals surface area contributed by atoms with Gasteiger partial charge < -0.3 is 9.47 Å². The standard InChI is InChI=1S/C46H30N2S/c1-30-25-34(23-24-47(35-13-3-2-4-14-35)42-17-9-7-15-37(30)42)33-20-22-43-39(27-33)40-29-46-41(38-16-8-10-18-45(38)49-46)28-44(40)48(43)36-21-19-31-11-5-6-12-32(31)26-36/h2-29H,1H2/b24-23-,34-25+. The molecule has 3 heteroatoms. The van der Waals surface area contributed by atoms with E-state index >= 15 is 0 Å². The summed E-state index contributed by atoms with van der Waals surface area (Å²) in [5.41, 5.74) is 10.2. The lowest BCUT2D eigenvalue weighted by atomic mass is 9.95. The smallest absolute Gasteiger partial charge is 0.0548 e. The van der Waals surface area contributed by atoms with Gasteiger partial charge in [0.25, 0.3) is 0 Å². The molecule has 0 radical (unpaired) electrons. The topological polar surface area (TPSA) is 8.17 Å². The molecule has 0 atom stereocenters. The number of hydrogen-bond acceptors (Lipinski definition) is 2. The minimum absolute atomic E-state index is 0.988. The molecular weight excluding hydrogens is 613 g/mol. The lowest BCUT2D eigenvalue weighted by Crippen LogP contribution is -2.11. The van der Waals surface area contributed by atoms with Crippen LogP contribution in [0, 0.1) is 0 Å². The van der Waals surface area contributed by atoms with Gasteiger partial charge >= 0.3 is 0 Å². The number of aromatic nitrogens is 1. The van der Waals surface area contributed by atoms with Gasteiger partial charge in [0.1, 0.15) is 0 Å². The van der Waals surface area contributed by atoms with Crippen LogP contribution >= 0.6 is 11.3 Å². The van der Waals surface area contributed by atoms with E-state index in [0.29, 0.717) is 0 Å². The Bertz CT molecular complexity index is 2850. The van der Waals surface area contributed by atoms with Crippen molar-refractivity contribution >= 4 is 86.6 Å². The average molecular weight is 643 g/mol. The molecule has 3 heterocycles. The number of hydrogen-bond donors (Lipinski definition) is 0. The van der Waals surface area contributed by atoms with Crippen molar-refractivity contribution in [3.05, 3.63) is 188 Å². The van der Waals surface area contributed by atoms with E-state index in [1.165, 1.54) is 58.4 Å². The SMILES string of the molecule is C=C1/C=C(c2ccc3c(c2)c2cc4sc5ccccc5c4cc2n3-c2ccc3ccccc3c2)\C=C/N(c2ccccc2)c2ccccc21. The third-order valence-electron chi connectivity index (χ3n) is 9.86. The Hall–Kier alpha value is -6.16. The van der Waals surface area contributed by atoms with Crippen molar-refractivity contribution in [2.75, 3.05) is 4.90 Å². The van der Waals surface area contributed by atoms with Gasteiger partial charge in [0.2, 0.25) is 0 Å². The fourth-order valence-corrected chi connectivity index (χ4v) is 8.64. The first-order valence-corrected chi connectivity index (χ1v) is 17.4. The summed E-state index contributed by atoms with van der Waals surface area (Å²) in [6, 6.07) is 55.0. The van der Waals surface area contributed by atoms with Crippen molar-refractivity contribution in [2.45, 2.75) is 0 Å². The lowest BCUT2D eigenvalue weighted by molar-refractivity contribution is 1.19. The zero-order chi connectivity index (χ0) is 32.5. The second-order valence-corrected chi connectivity index (χ2v) is 13.8. The summed E-state index contributed by atoms with van der Waals surface area (Å²) in [5.74, 6) is 0.